The number of hydrogen-bond donors (Lipinski definition) is 1. The predicted molar refractivity (Wildman–Crippen MR) is 97.8 cm³/mol. The van der Waals surface area contributed by atoms with E-state index in [9.17, 15) is 4.79 Å². The molecular weight excluding hydrogens is 320 g/mol. The summed E-state index contributed by atoms with van der Waals surface area (Å²) in [5.74, 6) is 1.45. The van der Waals surface area contributed by atoms with Crippen LogP contribution in [0.4, 0.5) is 0 Å². The average molecular weight is 338 g/mol. The molecule has 24 heavy (non-hydrogen) atoms. The molecule has 0 aliphatic carbocycles. The third-order valence-corrected chi connectivity index (χ3v) is 4.54. The molecule has 4 nitrogen and oxygen atoms in total. The van der Waals surface area contributed by atoms with Gasteiger partial charge in [0.15, 0.2) is 0 Å². The van der Waals surface area contributed by atoms with E-state index in [2.05, 4.69) is 22.4 Å². The third kappa shape index (κ3) is 4.06. The molecule has 5 heteroatoms. The van der Waals surface area contributed by atoms with E-state index in [4.69, 9.17) is 4.74 Å². The summed E-state index contributed by atoms with van der Waals surface area (Å²) < 4.78 is 5.19. The van der Waals surface area contributed by atoms with Gasteiger partial charge >= 0.3 is 0 Å². The summed E-state index contributed by atoms with van der Waals surface area (Å²) in [6.07, 6.45) is 0. The lowest BCUT2D eigenvalue weighted by Crippen LogP contribution is -2.26. The van der Waals surface area contributed by atoms with Crippen molar-refractivity contribution < 1.29 is 9.53 Å². The second-order valence-corrected chi connectivity index (χ2v) is 6.34. The fraction of sp³-hybridized carbons (Fsp3) is 0.158. The monoisotopic (exact) mass is 338 g/mol. The Morgan fingerprint density at radius 3 is 2.75 bits per heavy atom. The zero-order valence-electron chi connectivity index (χ0n) is 13.4. The molecule has 1 N–H and O–H groups in total. The van der Waals surface area contributed by atoms with E-state index in [0.717, 1.165) is 22.4 Å². The van der Waals surface area contributed by atoms with Crippen LogP contribution in [0.25, 0.3) is 10.9 Å². The van der Waals surface area contributed by atoms with Gasteiger partial charge in [-0.25, -0.2) is 4.98 Å². The standard InChI is InChI=1S/C19H18N2O2S/c1-23-15-8-10-17-14(13-15)7-9-18(21-17)19(22)20-11-12-24-16-5-3-2-4-6-16/h2-10,13H,11-12H2,1H3,(H,20,22). The molecule has 0 unspecified atom stereocenters. The summed E-state index contributed by atoms with van der Waals surface area (Å²) in [6, 6.07) is 19.4. The van der Waals surface area contributed by atoms with Gasteiger partial charge in [0, 0.05) is 22.6 Å². The highest BCUT2D eigenvalue weighted by Gasteiger charge is 2.08. The molecule has 0 radical (unpaired) electrons. The van der Waals surface area contributed by atoms with Crippen molar-refractivity contribution in [1.82, 2.24) is 10.3 Å². The van der Waals surface area contributed by atoms with Gasteiger partial charge in [-0.15, -0.1) is 11.8 Å². The highest BCUT2D eigenvalue weighted by molar-refractivity contribution is 7.99. The molecular formula is C19H18N2O2S. The molecule has 0 saturated heterocycles. The summed E-state index contributed by atoms with van der Waals surface area (Å²) in [6.45, 7) is 0.598. The molecule has 0 aliphatic rings. The van der Waals surface area contributed by atoms with Crippen LogP contribution in [0.15, 0.2) is 65.6 Å². The molecule has 0 aliphatic heterocycles. The van der Waals surface area contributed by atoms with Gasteiger partial charge in [-0.2, -0.15) is 0 Å². The quantitative estimate of drug-likeness (QED) is 0.549. The molecule has 122 valence electrons. The van der Waals surface area contributed by atoms with E-state index >= 15 is 0 Å². The SMILES string of the molecule is COc1ccc2nc(C(=O)NCCSc3ccccc3)ccc2c1. The Morgan fingerprint density at radius 1 is 1.12 bits per heavy atom. The number of ether oxygens (including phenoxy) is 1. The number of amides is 1. The highest BCUT2D eigenvalue weighted by Crippen LogP contribution is 2.19. The van der Waals surface area contributed by atoms with Gasteiger partial charge in [0.05, 0.1) is 12.6 Å². The number of fused-ring (bicyclic) bond motifs is 1. The first-order valence-corrected chi connectivity index (χ1v) is 8.66. The Labute approximate surface area is 145 Å². The number of carbonyl (C=O) groups excluding carboxylic acids is 1. The van der Waals surface area contributed by atoms with Crippen molar-refractivity contribution in [3.63, 3.8) is 0 Å². The minimum Gasteiger partial charge on any atom is -0.497 e. The van der Waals surface area contributed by atoms with E-state index in [1.54, 1.807) is 24.9 Å². The summed E-state index contributed by atoms with van der Waals surface area (Å²) in [4.78, 5) is 17.8. The van der Waals surface area contributed by atoms with Gasteiger partial charge in [0.25, 0.3) is 5.91 Å². The number of thioether (sulfide) groups is 1. The van der Waals surface area contributed by atoms with E-state index in [1.165, 1.54) is 4.90 Å². The van der Waals surface area contributed by atoms with Crippen molar-refractivity contribution >= 4 is 28.6 Å². The molecule has 1 heterocycles. The topological polar surface area (TPSA) is 51.2 Å². The minimum absolute atomic E-state index is 0.152. The van der Waals surface area contributed by atoms with Gasteiger partial charge in [0.1, 0.15) is 11.4 Å². The van der Waals surface area contributed by atoms with Crippen molar-refractivity contribution in [2.75, 3.05) is 19.4 Å². The first kappa shape index (κ1) is 16.3. The second-order valence-electron chi connectivity index (χ2n) is 5.17. The highest BCUT2D eigenvalue weighted by atomic mass is 32.2. The molecule has 1 amide bonds. The molecule has 3 aromatic rings. The van der Waals surface area contributed by atoms with Crippen LogP contribution in [0.5, 0.6) is 5.75 Å². The van der Waals surface area contributed by atoms with E-state index in [-0.39, 0.29) is 5.91 Å². The van der Waals surface area contributed by atoms with Crippen LogP contribution in [0.1, 0.15) is 10.5 Å². The van der Waals surface area contributed by atoms with Crippen LogP contribution in [0.3, 0.4) is 0 Å². The van der Waals surface area contributed by atoms with Crippen LogP contribution in [0.2, 0.25) is 0 Å². The van der Waals surface area contributed by atoms with E-state index in [1.807, 2.05) is 42.5 Å². The van der Waals surface area contributed by atoms with Crippen LogP contribution < -0.4 is 10.1 Å². The van der Waals surface area contributed by atoms with Crippen molar-refractivity contribution in [3.8, 4) is 5.75 Å². The normalized spacial score (nSPS) is 10.5. The lowest BCUT2D eigenvalue weighted by Gasteiger charge is -2.06. The van der Waals surface area contributed by atoms with Crippen LogP contribution >= 0.6 is 11.8 Å². The number of methoxy groups -OCH3 is 1. The number of aromatic nitrogens is 1. The number of hydrogen-bond acceptors (Lipinski definition) is 4. The number of benzene rings is 2. The van der Waals surface area contributed by atoms with Gasteiger partial charge in [0.2, 0.25) is 0 Å². The van der Waals surface area contributed by atoms with E-state index in [0.29, 0.717) is 12.2 Å². The molecule has 0 atom stereocenters. The summed E-state index contributed by atoms with van der Waals surface area (Å²) in [5, 5.41) is 3.86. The largest absolute Gasteiger partial charge is 0.497 e. The third-order valence-electron chi connectivity index (χ3n) is 3.53. The summed E-state index contributed by atoms with van der Waals surface area (Å²) in [5.41, 5.74) is 1.21. The molecule has 0 spiro atoms. The Hall–Kier alpha value is -2.53. The van der Waals surface area contributed by atoms with Crippen molar-refractivity contribution in [1.29, 1.82) is 0 Å². The fourth-order valence-corrected chi connectivity index (χ4v) is 3.09. The molecule has 3 rings (SSSR count). The number of pyridine rings is 1. The minimum atomic E-state index is -0.152. The van der Waals surface area contributed by atoms with Gasteiger partial charge in [-0.1, -0.05) is 24.3 Å². The molecule has 0 fully saturated rings. The Bertz CT molecular complexity index is 837. The lowest BCUT2D eigenvalue weighted by atomic mass is 10.2. The Morgan fingerprint density at radius 2 is 1.96 bits per heavy atom. The smallest absolute Gasteiger partial charge is 0.269 e. The summed E-state index contributed by atoms with van der Waals surface area (Å²) in [7, 11) is 1.63. The number of nitrogens with one attached hydrogen (secondary N) is 1. The lowest BCUT2D eigenvalue weighted by molar-refractivity contribution is 0.0951. The Balaban J connectivity index is 1.57. The maximum absolute atomic E-state index is 12.2. The summed E-state index contributed by atoms with van der Waals surface area (Å²) >= 11 is 1.72. The zero-order valence-corrected chi connectivity index (χ0v) is 14.2. The van der Waals surface area contributed by atoms with E-state index < -0.39 is 0 Å². The molecule has 0 bridgehead atoms. The second kappa shape index (κ2) is 7.84. The molecule has 2 aromatic carbocycles. The zero-order chi connectivity index (χ0) is 16.8. The number of rotatable bonds is 6. The first-order chi connectivity index (χ1) is 11.8. The maximum atomic E-state index is 12.2. The van der Waals surface area contributed by atoms with Crippen molar-refractivity contribution in [2.24, 2.45) is 0 Å². The number of nitrogens with zero attached hydrogens (tertiary/aromatic N) is 1. The van der Waals surface area contributed by atoms with Crippen LogP contribution in [-0.2, 0) is 0 Å². The fourth-order valence-electron chi connectivity index (χ4n) is 2.30. The van der Waals surface area contributed by atoms with Gasteiger partial charge in [-0.05, 0) is 36.4 Å². The first-order valence-electron chi connectivity index (χ1n) is 7.67. The Kier molecular flexibility index (Phi) is 5.33. The maximum Gasteiger partial charge on any atom is 0.269 e. The predicted octanol–water partition coefficient (Wildman–Crippen LogP) is 3.77. The molecule has 0 saturated carbocycles. The van der Waals surface area contributed by atoms with Gasteiger partial charge in [-0.3, -0.25) is 4.79 Å². The van der Waals surface area contributed by atoms with Gasteiger partial charge < -0.3 is 10.1 Å². The molecule has 1 aromatic heterocycles. The van der Waals surface area contributed by atoms with Crippen LogP contribution in [-0.4, -0.2) is 30.3 Å². The average Bonchev–Trinajstić information content (AvgIpc) is 2.65. The van der Waals surface area contributed by atoms with Crippen molar-refractivity contribution in [3.05, 3.63) is 66.4 Å². The van der Waals surface area contributed by atoms with Crippen LogP contribution in [0, 0.1) is 0 Å². The number of carbonyl (C=O) groups is 1. The van der Waals surface area contributed by atoms with Crippen molar-refractivity contribution in [2.45, 2.75) is 4.90 Å².